The van der Waals surface area contributed by atoms with E-state index in [0.29, 0.717) is 11.5 Å². The molecular formula is C26H27N2O. The van der Waals surface area contributed by atoms with E-state index in [1.807, 2.05) is 12.1 Å². The molecule has 0 saturated heterocycles. The largest absolute Gasteiger partial charge is 0.366 e. The summed E-state index contributed by atoms with van der Waals surface area (Å²) < 4.78 is 2.31. The van der Waals surface area contributed by atoms with Crippen molar-refractivity contribution in [3.63, 3.8) is 0 Å². The van der Waals surface area contributed by atoms with Crippen molar-refractivity contribution in [3.05, 3.63) is 81.9 Å². The predicted molar refractivity (Wildman–Crippen MR) is 121 cm³/mol. The molecule has 0 saturated carbocycles. The van der Waals surface area contributed by atoms with E-state index in [2.05, 4.69) is 69.5 Å². The Morgan fingerprint density at radius 1 is 1.07 bits per heavy atom. The van der Waals surface area contributed by atoms with Crippen LogP contribution in [0.4, 0.5) is 0 Å². The fraction of sp³-hybridized carbons (Fsp3) is 0.269. The summed E-state index contributed by atoms with van der Waals surface area (Å²) in [6.45, 7) is 11.6. The highest BCUT2D eigenvalue weighted by Crippen LogP contribution is 2.34. The molecule has 1 aromatic heterocycles. The van der Waals surface area contributed by atoms with Crippen molar-refractivity contribution in [1.82, 2.24) is 4.57 Å². The summed E-state index contributed by atoms with van der Waals surface area (Å²) >= 11 is 0. The maximum absolute atomic E-state index is 12.1. The Hall–Kier alpha value is -3.07. The second-order valence-electron chi connectivity index (χ2n) is 8.38. The number of nitrogens with zero attached hydrogens (tertiary/aromatic N) is 1. The van der Waals surface area contributed by atoms with Crippen LogP contribution in [0, 0.1) is 26.8 Å². The Kier molecular flexibility index (Phi) is 4.70. The van der Waals surface area contributed by atoms with E-state index >= 15 is 0 Å². The smallest absolute Gasteiger partial charge is 0.249 e. The molecule has 0 aliphatic carbocycles. The van der Waals surface area contributed by atoms with Gasteiger partial charge in [0.2, 0.25) is 5.91 Å². The van der Waals surface area contributed by atoms with Gasteiger partial charge in [0.15, 0.2) is 0 Å². The van der Waals surface area contributed by atoms with E-state index in [1.165, 1.54) is 27.8 Å². The number of fused-ring (bicyclic) bond motifs is 3. The summed E-state index contributed by atoms with van der Waals surface area (Å²) in [5.74, 6) is -0.000691. The van der Waals surface area contributed by atoms with Crippen LogP contribution in [0.5, 0.6) is 0 Å². The van der Waals surface area contributed by atoms with Crippen LogP contribution in [0.15, 0.2) is 42.5 Å². The van der Waals surface area contributed by atoms with Crippen LogP contribution in [0.2, 0.25) is 0 Å². The molecule has 3 aromatic carbocycles. The Labute approximate surface area is 172 Å². The molecule has 0 spiro atoms. The highest BCUT2D eigenvalue weighted by molar-refractivity contribution is 6.17. The van der Waals surface area contributed by atoms with Crippen LogP contribution in [-0.2, 0) is 6.54 Å². The zero-order valence-corrected chi connectivity index (χ0v) is 17.8. The molecule has 0 bridgehead atoms. The molecule has 1 radical (unpaired) electrons. The molecule has 0 aliphatic rings. The van der Waals surface area contributed by atoms with E-state index in [4.69, 9.17) is 5.73 Å². The number of amides is 1. The first-order chi connectivity index (χ1) is 13.8. The second-order valence-corrected chi connectivity index (χ2v) is 8.38. The zero-order chi connectivity index (χ0) is 20.9. The first kappa shape index (κ1) is 19.3. The Morgan fingerprint density at radius 3 is 2.38 bits per heavy atom. The normalized spacial score (nSPS) is 11.7. The second kappa shape index (κ2) is 7.07. The standard InChI is InChI=1S/C26H27N2O/c1-15(2)19-9-10-20-24(13-19)28(14-22-17(4)11-16(3)12-18(22)5)23-8-6-7-21(25(20)23)26(27)29/h6-9,11-13,15H,14H2,1-5H3,(H2,27,29). The van der Waals surface area contributed by atoms with Crippen LogP contribution in [0.3, 0.4) is 0 Å². The van der Waals surface area contributed by atoms with E-state index in [0.717, 1.165) is 28.4 Å². The van der Waals surface area contributed by atoms with E-state index < -0.39 is 5.91 Å². The lowest BCUT2D eigenvalue weighted by Crippen LogP contribution is -2.11. The van der Waals surface area contributed by atoms with Crippen molar-refractivity contribution >= 4 is 27.7 Å². The number of hydrogen-bond acceptors (Lipinski definition) is 1. The first-order valence-electron chi connectivity index (χ1n) is 10.1. The number of carbonyl (C=O) groups is 1. The minimum atomic E-state index is -0.404. The lowest BCUT2D eigenvalue weighted by molar-refractivity contribution is 0.100. The average Bonchev–Trinajstić information content (AvgIpc) is 2.97. The Morgan fingerprint density at radius 2 is 1.76 bits per heavy atom. The molecule has 29 heavy (non-hydrogen) atoms. The molecule has 3 nitrogen and oxygen atoms in total. The average molecular weight is 384 g/mol. The molecule has 0 atom stereocenters. The molecule has 147 valence electrons. The molecular weight excluding hydrogens is 356 g/mol. The van der Waals surface area contributed by atoms with Crippen LogP contribution in [-0.4, -0.2) is 10.5 Å². The Bertz CT molecular complexity index is 1240. The highest BCUT2D eigenvalue weighted by Gasteiger charge is 2.18. The fourth-order valence-corrected chi connectivity index (χ4v) is 4.40. The summed E-state index contributed by atoms with van der Waals surface area (Å²) in [5.41, 5.74) is 14.8. The lowest BCUT2D eigenvalue weighted by atomic mass is 9.99. The highest BCUT2D eigenvalue weighted by atomic mass is 16.1. The number of hydrogen-bond donors (Lipinski definition) is 1. The van der Waals surface area contributed by atoms with Crippen molar-refractivity contribution in [2.45, 2.75) is 47.1 Å². The van der Waals surface area contributed by atoms with E-state index in [9.17, 15) is 4.79 Å². The number of carbonyl (C=O) groups excluding carboxylic acids is 1. The van der Waals surface area contributed by atoms with Crippen molar-refractivity contribution in [2.75, 3.05) is 0 Å². The van der Waals surface area contributed by atoms with Gasteiger partial charge in [-0.1, -0.05) is 43.7 Å². The SMILES string of the molecule is Cc1cc(C)c(Cn2c3cc(C(C)C)c[c]c3c3c(C(N)=O)cccc32)c(C)c1. The summed E-state index contributed by atoms with van der Waals surface area (Å²) in [4.78, 5) is 12.1. The third kappa shape index (κ3) is 3.21. The fourth-order valence-electron chi connectivity index (χ4n) is 4.40. The van der Waals surface area contributed by atoms with Crippen LogP contribution in [0.1, 0.15) is 57.9 Å². The summed E-state index contributed by atoms with van der Waals surface area (Å²) in [6, 6.07) is 18.0. The minimum Gasteiger partial charge on any atom is -0.366 e. The minimum absolute atomic E-state index is 0.403. The Balaban J connectivity index is 2.07. The summed E-state index contributed by atoms with van der Waals surface area (Å²) in [6.07, 6.45) is 0. The van der Waals surface area contributed by atoms with Crippen LogP contribution >= 0.6 is 0 Å². The van der Waals surface area contributed by atoms with Crippen LogP contribution < -0.4 is 5.73 Å². The maximum Gasteiger partial charge on any atom is 0.249 e. The van der Waals surface area contributed by atoms with Gasteiger partial charge in [-0.2, -0.15) is 0 Å². The van der Waals surface area contributed by atoms with Gasteiger partial charge in [-0.3, -0.25) is 4.79 Å². The molecule has 1 heterocycles. The van der Waals surface area contributed by atoms with Gasteiger partial charge in [-0.25, -0.2) is 0 Å². The van der Waals surface area contributed by atoms with Gasteiger partial charge in [0, 0.05) is 22.9 Å². The van der Waals surface area contributed by atoms with Gasteiger partial charge in [0.1, 0.15) is 0 Å². The number of benzene rings is 3. The van der Waals surface area contributed by atoms with Crippen molar-refractivity contribution in [2.24, 2.45) is 5.73 Å². The third-order valence-electron chi connectivity index (χ3n) is 5.91. The summed E-state index contributed by atoms with van der Waals surface area (Å²) in [7, 11) is 0. The maximum atomic E-state index is 12.1. The molecule has 0 aliphatic heterocycles. The van der Waals surface area contributed by atoms with Gasteiger partial charge in [0.25, 0.3) is 0 Å². The lowest BCUT2D eigenvalue weighted by Gasteiger charge is -2.15. The van der Waals surface area contributed by atoms with E-state index in [1.54, 1.807) is 6.07 Å². The molecule has 3 heteroatoms. The van der Waals surface area contributed by atoms with Gasteiger partial charge in [-0.05, 0) is 73.2 Å². The number of primary amides is 1. The van der Waals surface area contributed by atoms with Crippen LogP contribution in [0.25, 0.3) is 21.8 Å². The monoisotopic (exact) mass is 383 g/mol. The number of aromatic nitrogens is 1. The molecule has 0 unspecified atom stereocenters. The number of rotatable bonds is 4. The van der Waals surface area contributed by atoms with Gasteiger partial charge < -0.3 is 10.3 Å². The number of aryl methyl sites for hydroxylation is 3. The molecule has 0 fully saturated rings. The zero-order valence-electron chi connectivity index (χ0n) is 17.8. The van der Waals surface area contributed by atoms with Gasteiger partial charge in [-0.15, -0.1) is 0 Å². The molecule has 4 rings (SSSR count). The van der Waals surface area contributed by atoms with Gasteiger partial charge in [0.05, 0.1) is 11.0 Å². The molecule has 1 amide bonds. The van der Waals surface area contributed by atoms with Crippen molar-refractivity contribution in [1.29, 1.82) is 0 Å². The third-order valence-corrected chi connectivity index (χ3v) is 5.91. The topological polar surface area (TPSA) is 48.0 Å². The number of nitrogens with two attached hydrogens (primary N) is 1. The van der Waals surface area contributed by atoms with E-state index in [-0.39, 0.29) is 0 Å². The molecule has 2 N–H and O–H groups in total. The predicted octanol–water partition coefficient (Wildman–Crippen LogP) is 5.79. The first-order valence-corrected chi connectivity index (χ1v) is 10.1. The van der Waals surface area contributed by atoms with Crippen molar-refractivity contribution < 1.29 is 4.79 Å². The van der Waals surface area contributed by atoms with Crippen molar-refractivity contribution in [3.8, 4) is 0 Å². The molecule has 4 aromatic rings. The quantitative estimate of drug-likeness (QED) is 0.476. The summed E-state index contributed by atoms with van der Waals surface area (Å²) in [5, 5.41) is 1.86. The van der Waals surface area contributed by atoms with Gasteiger partial charge >= 0.3 is 0 Å².